The van der Waals surface area contributed by atoms with Gasteiger partial charge < -0.3 is 24.7 Å². The van der Waals surface area contributed by atoms with Crippen LogP contribution in [0, 0.1) is 21.7 Å². The Kier molecular flexibility index (Phi) is 9.21. The number of hydrogen-bond donors (Lipinski definition) is 2. The van der Waals surface area contributed by atoms with Gasteiger partial charge in [0.2, 0.25) is 0 Å². The molecule has 0 spiro atoms. The summed E-state index contributed by atoms with van der Waals surface area (Å²) in [5.41, 5.74) is -3.70. The number of pyridine rings is 2. The SMILES string of the molecule is COc1cccc(F)c1-c1nc2c(cc1F)c(N1C[C@@H](C)N(C(=O)O)C[C@@H]1C(=O)O)c([N+](=O)[O-])c(=O)n2-c1c(C(C)C)ncnc1C(C)C. The van der Waals surface area contributed by atoms with E-state index in [0.29, 0.717) is 11.4 Å². The van der Waals surface area contributed by atoms with E-state index in [-0.39, 0.29) is 34.3 Å². The quantitative estimate of drug-likeness (QED) is 0.188. The fourth-order valence-electron chi connectivity index (χ4n) is 6.18. The van der Waals surface area contributed by atoms with Crippen LogP contribution >= 0.6 is 0 Å². The van der Waals surface area contributed by atoms with Gasteiger partial charge in [-0.25, -0.2) is 33.3 Å². The maximum atomic E-state index is 16.3. The Morgan fingerprint density at radius 3 is 2.20 bits per heavy atom. The van der Waals surface area contributed by atoms with Crippen LogP contribution < -0.4 is 15.2 Å². The molecule has 1 amide bonds. The summed E-state index contributed by atoms with van der Waals surface area (Å²) >= 11 is 0. The molecule has 15 nitrogen and oxygen atoms in total. The molecule has 2 N–H and O–H groups in total. The molecule has 5 rings (SSSR count). The van der Waals surface area contributed by atoms with Gasteiger partial charge in [-0.3, -0.25) is 19.5 Å². The van der Waals surface area contributed by atoms with Gasteiger partial charge in [-0.05, 0) is 37.0 Å². The second kappa shape index (κ2) is 13.0. The van der Waals surface area contributed by atoms with E-state index in [4.69, 9.17) is 4.74 Å². The molecule has 1 saturated heterocycles. The highest BCUT2D eigenvalue weighted by Gasteiger charge is 2.43. The van der Waals surface area contributed by atoms with Crippen LogP contribution in [0.1, 0.15) is 57.8 Å². The molecular weight excluding hydrogens is 648 g/mol. The van der Waals surface area contributed by atoms with Gasteiger partial charge in [0.1, 0.15) is 35.3 Å². The monoisotopic (exact) mass is 681 g/mol. The lowest BCUT2D eigenvalue weighted by Crippen LogP contribution is -2.61. The van der Waals surface area contributed by atoms with Crippen molar-refractivity contribution in [3.8, 4) is 22.7 Å². The van der Waals surface area contributed by atoms with E-state index in [1.807, 2.05) is 0 Å². The van der Waals surface area contributed by atoms with Crippen molar-refractivity contribution >= 4 is 34.5 Å². The molecule has 1 aliphatic heterocycles. The first-order valence-electron chi connectivity index (χ1n) is 15.2. The highest BCUT2D eigenvalue weighted by atomic mass is 19.1. The number of carboxylic acid groups (broad SMARTS) is 2. The molecule has 1 fully saturated rings. The first-order chi connectivity index (χ1) is 23.1. The molecule has 17 heteroatoms. The molecule has 0 aliphatic carbocycles. The van der Waals surface area contributed by atoms with E-state index in [1.54, 1.807) is 27.7 Å². The fourth-order valence-corrected chi connectivity index (χ4v) is 6.18. The van der Waals surface area contributed by atoms with Crippen LogP contribution in [0.25, 0.3) is 28.0 Å². The third kappa shape index (κ3) is 5.84. The average Bonchev–Trinajstić information content (AvgIpc) is 3.03. The zero-order valence-corrected chi connectivity index (χ0v) is 27.3. The Morgan fingerprint density at radius 2 is 1.67 bits per heavy atom. The lowest BCUT2D eigenvalue weighted by molar-refractivity contribution is -0.385. The first kappa shape index (κ1) is 34.6. The van der Waals surface area contributed by atoms with Gasteiger partial charge in [0, 0.05) is 12.6 Å². The number of anilines is 1. The maximum Gasteiger partial charge on any atom is 0.407 e. The summed E-state index contributed by atoms with van der Waals surface area (Å²) in [7, 11) is 1.24. The number of aliphatic carboxylic acids is 1. The van der Waals surface area contributed by atoms with Crippen LogP contribution in [-0.2, 0) is 4.79 Å². The van der Waals surface area contributed by atoms with Crippen molar-refractivity contribution in [2.24, 2.45) is 0 Å². The lowest BCUT2D eigenvalue weighted by Gasteiger charge is -2.43. The summed E-state index contributed by atoms with van der Waals surface area (Å²) in [5, 5.41) is 32.4. The fraction of sp³-hybridized carbons (Fsp3) is 0.375. The van der Waals surface area contributed by atoms with Crippen molar-refractivity contribution in [3.05, 3.63) is 74.1 Å². The number of carboxylic acids is 1. The average molecular weight is 682 g/mol. The van der Waals surface area contributed by atoms with E-state index in [1.165, 1.54) is 32.5 Å². The van der Waals surface area contributed by atoms with E-state index >= 15 is 8.78 Å². The second-order valence-electron chi connectivity index (χ2n) is 12.2. The van der Waals surface area contributed by atoms with E-state index in [9.17, 15) is 34.7 Å². The summed E-state index contributed by atoms with van der Waals surface area (Å²) in [5.74, 6) is -4.47. The number of fused-ring (bicyclic) bond motifs is 1. The number of aromatic nitrogens is 4. The van der Waals surface area contributed by atoms with Gasteiger partial charge in [-0.1, -0.05) is 33.8 Å². The minimum atomic E-state index is -1.73. The minimum absolute atomic E-state index is 0.0431. The smallest absolute Gasteiger partial charge is 0.407 e. The zero-order valence-electron chi connectivity index (χ0n) is 27.3. The molecule has 1 aromatic carbocycles. The predicted molar refractivity (Wildman–Crippen MR) is 173 cm³/mol. The molecule has 258 valence electrons. The molecule has 0 bridgehead atoms. The van der Waals surface area contributed by atoms with Crippen molar-refractivity contribution in [2.75, 3.05) is 25.1 Å². The number of rotatable bonds is 8. The number of methoxy groups -OCH3 is 1. The third-order valence-corrected chi connectivity index (χ3v) is 8.42. The number of nitrogens with zero attached hydrogens (tertiary/aromatic N) is 7. The number of piperazine rings is 1. The normalized spacial score (nSPS) is 16.4. The Bertz CT molecular complexity index is 2040. The van der Waals surface area contributed by atoms with Gasteiger partial charge in [0.25, 0.3) is 0 Å². The second-order valence-corrected chi connectivity index (χ2v) is 12.2. The Balaban J connectivity index is 2.04. The molecule has 1 aliphatic rings. The zero-order chi connectivity index (χ0) is 36.1. The Morgan fingerprint density at radius 1 is 1.04 bits per heavy atom. The summed E-state index contributed by atoms with van der Waals surface area (Å²) in [6, 6.07) is 1.95. The van der Waals surface area contributed by atoms with Gasteiger partial charge in [-0.2, -0.15) is 0 Å². The maximum absolute atomic E-state index is 16.3. The van der Waals surface area contributed by atoms with Crippen LogP contribution in [0.4, 0.5) is 25.0 Å². The van der Waals surface area contributed by atoms with Crippen LogP contribution in [0.15, 0.2) is 35.4 Å². The number of hydrogen-bond acceptors (Lipinski definition) is 10. The molecule has 0 saturated carbocycles. The number of carbonyl (C=O) groups is 2. The topological polar surface area (TPSA) is 194 Å². The number of ether oxygens (including phenoxy) is 1. The molecule has 3 aromatic heterocycles. The molecular formula is C32H33F2N7O8. The lowest BCUT2D eigenvalue weighted by atomic mass is 10.00. The molecule has 4 aromatic rings. The molecule has 0 radical (unpaired) electrons. The van der Waals surface area contributed by atoms with E-state index in [0.717, 1.165) is 26.5 Å². The number of benzene rings is 1. The van der Waals surface area contributed by atoms with Crippen LogP contribution in [0.5, 0.6) is 5.75 Å². The van der Waals surface area contributed by atoms with Crippen LogP contribution in [0.3, 0.4) is 0 Å². The van der Waals surface area contributed by atoms with E-state index in [2.05, 4.69) is 15.0 Å². The van der Waals surface area contributed by atoms with Gasteiger partial charge in [0.15, 0.2) is 11.5 Å². The van der Waals surface area contributed by atoms with Crippen LogP contribution in [0.2, 0.25) is 0 Å². The predicted octanol–water partition coefficient (Wildman–Crippen LogP) is 4.93. The van der Waals surface area contributed by atoms with Crippen molar-refractivity contribution in [1.29, 1.82) is 0 Å². The number of nitro groups is 1. The van der Waals surface area contributed by atoms with Crippen molar-refractivity contribution in [1.82, 2.24) is 24.4 Å². The van der Waals surface area contributed by atoms with Crippen molar-refractivity contribution in [3.63, 3.8) is 0 Å². The molecule has 0 unspecified atom stereocenters. The highest BCUT2D eigenvalue weighted by molar-refractivity contribution is 5.99. The van der Waals surface area contributed by atoms with Crippen molar-refractivity contribution < 1.29 is 38.2 Å². The molecule has 2 atom stereocenters. The summed E-state index contributed by atoms with van der Waals surface area (Å²) < 4.78 is 37.9. The summed E-state index contributed by atoms with van der Waals surface area (Å²) in [4.78, 5) is 66.1. The summed E-state index contributed by atoms with van der Waals surface area (Å²) in [6.07, 6.45) is -0.135. The van der Waals surface area contributed by atoms with Crippen LogP contribution in [-0.4, -0.2) is 83.9 Å². The largest absolute Gasteiger partial charge is 0.496 e. The standard InChI is InChI=1S/C32H33F2N7O8/c1-14(2)23-27(24(15(3)4)36-13-35-23)40-29-17(10-19(34)25(37-29)22-18(33)8-7-9-21(22)49-6)26(28(30(40)42)41(47)48)39-11-16(5)38(32(45)46)12-20(39)31(43)44/h7-10,13-16,20H,11-12H2,1-6H3,(H,43,44)(H,45,46)/t16-,20-/m1/s1. The van der Waals surface area contributed by atoms with Gasteiger partial charge in [-0.15, -0.1) is 0 Å². The number of halogens is 2. The van der Waals surface area contributed by atoms with Gasteiger partial charge >= 0.3 is 23.3 Å². The Hall–Kier alpha value is -5.74. The number of amides is 1. The van der Waals surface area contributed by atoms with Gasteiger partial charge in [0.05, 0.1) is 46.6 Å². The highest BCUT2D eigenvalue weighted by Crippen LogP contribution is 2.42. The molecule has 4 heterocycles. The summed E-state index contributed by atoms with van der Waals surface area (Å²) in [6.45, 7) is 7.50. The van der Waals surface area contributed by atoms with Crippen molar-refractivity contribution in [2.45, 2.75) is 58.5 Å². The minimum Gasteiger partial charge on any atom is -0.496 e. The van der Waals surface area contributed by atoms with E-state index < -0.39 is 82.0 Å². The third-order valence-electron chi connectivity index (χ3n) is 8.42. The Labute approximate surface area is 277 Å². The molecule has 49 heavy (non-hydrogen) atoms. The first-order valence-corrected chi connectivity index (χ1v) is 15.2.